The molecule has 0 aliphatic heterocycles. The van der Waals surface area contributed by atoms with Crippen LogP contribution in [0.4, 0.5) is 0 Å². The van der Waals surface area contributed by atoms with Crippen molar-refractivity contribution in [2.75, 3.05) is 13.2 Å². The van der Waals surface area contributed by atoms with Crippen LogP contribution >= 0.6 is 0 Å². The monoisotopic (exact) mass is 254 g/mol. The predicted octanol–water partition coefficient (Wildman–Crippen LogP) is 0.0182. The van der Waals surface area contributed by atoms with Crippen LogP contribution in [0.25, 0.3) is 0 Å². The van der Waals surface area contributed by atoms with E-state index < -0.39 is 0 Å². The van der Waals surface area contributed by atoms with Crippen molar-refractivity contribution in [1.82, 2.24) is 10.3 Å². The molecule has 6 heteroatoms. The SMILES string of the molecule is CC(C)CNC(=O)COc1c[nH]c(CO)cc1=O. The van der Waals surface area contributed by atoms with Crippen LogP contribution in [0.1, 0.15) is 19.5 Å². The lowest BCUT2D eigenvalue weighted by atomic mass is 10.2. The maximum absolute atomic E-state index is 11.5. The van der Waals surface area contributed by atoms with Gasteiger partial charge in [0.25, 0.3) is 5.91 Å². The van der Waals surface area contributed by atoms with E-state index in [2.05, 4.69) is 10.3 Å². The third-order valence-corrected chi connectivity index (χ3v) is 2.17. The Balaban J connectivity index is 2.48. The van der Waals surface area contributed by atoms with Crippen LogP contribution in [0.15, 0.2) is 17.1 Å². The smallest absolute Gasteiger partial charge is 0.257 e. The van der Waals surface area contributed by atoms with Gasteiger partial charge in [-0.1, -0.05) is 13.8 Å². The molecule has 0 aliphatic carbocycles. The number of aliphatic hydroxyl groups is 1. The second-order valence-corrected chi connectivity index (χ2v) is 4.33. The van der Waals surface area contributed by atoms with Crippen molar-refractivity contribution in [3.63, 3.8) is 0 Å². The number of H-pyrrole nitrogens is 1. The summed E-state index contributed by atoms with van der Waals surface area (Å²) in [5, 5.41) is 11.5. The second-order valence-electron chi connectivity index (χ2n) is 4.33. The minimum absolute atomic E-state index is 0.0619. The minimum atomic E-state index is -0.366. The largest absolute Gasteiger partial charge is 0.478 e. The lowest BCUT2D eigenvalue weighted by Crippen LogP contribution is -2.32. The molecule has 0 unspecified atom stereocenters. The Morgan fingerprint density at radius 1 is 1.56 bits per heavy atom. The zero-order valence-electron chi connectivity index (χ0n) is 10.5. The van der Waals surface area contributed by atoms with Gasteiger partial charge in [-0.25, -0.2) is 0 Å². The molecule has 1 aromatic heterocycles. The molecular formula is C12H18N2O4. The van der Waals surface area contributed by atoms with E-state index in [-0.39, 0.29) is 30.3 Å². The molecule has 1 aromatic rings. The molecule has 0 fully saturated rings. The number of hydrogen-bond acceptors (Lipinski definition) is 4. The number of amides is 1. The van der Waals surface area contributed by atoms with E-state index in [4.69, 9.17) is 9.84 Å². The highest BCUT2D eigenvalue weighted by atomic mass is 16.5. The average molecular weight is 254 g/mol. The highest BCUT2D eigenvalue weighted by molar-refractivity contribution is 5.77. The predicted molar refractivity (Wildman–Crippen MR) is 66.3 cm³/mol. The van der Waals surface area contributed by atoms with Crippen LogP contribution in [0, 0.1) is 5.92 Å². The summed E-state index contributed by atoms with van der Waals surface area (Å²) in [5.41, 5.74) is 0.0334. The van der Waals surface area contributed by atoms with Crippen LogP contribution in [0.5, 0.6) is 5.75 Å². The molecule has 1 amide bonds. The number of aromatic nitrogens is 1. The molecule has 18 heavy (non-hydrogen) atoms. The van der Waals surface area contributed by atoms with Gasteiger partial charge < -0.3 is 20.1 Å². The number of carbonyl (C=O) groups is 1. The Morgan fingerprint density at radius 2 is 2.28 bits per heavy atom. The first kappa shape index (κ1) is 14.2. The summed E-state index contributed by atoms with van der Waals surface area (Å²) in [7, 11) is 0. The van der Waals surface area contributed by atoms with Gasteiger partial charge in [0.15, 0.2) is 12.4 Å². The number of aromatic amines is 1. The molecule has 0 aliphatic rings. The van der Waals surface area contributed by atoms with E-state index in [1.165, 1.54) is 12.3 Å². The van der Waals surface area contributed by atoms with Crippen molar-refractivity contribution in [2.45, 2.75) is 20.5 Å². The fourth-order valence-electron chi connectivity index (χ4n) is 1.22. The maximum Gasteiger partial charge on any atom is 0.257 e. The molecule has 100 valence electrons. The van der Waals surface area contributed by atoms with Gasteiger partial charge in [0.1, 0.15) is 0 Å². The molecule has 1 heterocycles. The van der Waals surface area contributed by atoms with E-state index in [1.807, 2.05) is 13.8 Å². The third kappa shape index (κ3) is 4.58. The molecule has 0 saturated heterocycles. The summed E-state index contributed by atoms with van der Waals surface area (Å²) >= 11 is 0. The zero-order chi connectivity index (χ0) is 13.5. The van der Waals surface area contributed by atoms with E-state index in [0.29, 0.717) is 18.2 Å². The van der Waals surface area contributed by atoms with E-state index in [9.17, 15) is 9.59 Å². The molecule has 0 bridgehead atoms. The van der Waals surface area contributed by atoms with Crippen LogP contribution in [-0.4, -0.2) is 29.1 Å². The number of carbonyl (C=O) groups excluding carboxylic acids is 1. The summed E-state index contributed by atoms with van der Waals surface area (Å²) in [4.78, 5) is 25.6. The molecular weight excluding hydrogens is 236 g/mol. The van der Waals surface area contributed by atoms with Crippen LogP contribution < -0.4 is 15.5 Å². The van der Waals surface area contributed by atoms with Gasteiger partial charge in [-0.05, 0) is 5.92 Å². The molecule has 0 saturated carbocycles. The number of nitrogens with one attached hydrogen (secondary N) is 2. The Labute approximate surface area is 105 Å². The van der Waals surface area contributed by atoms with Crippen molar-refractivity contribution >= 4 is 5.91 Å². The molecule has 6 nitrogen and oxygen atoms in total. The molecule has 1 rings (SSSR count). The second kappa shape index (κ2) is 6.80. The first-order chi connectivity index (χ1) is 8.52. The van der Waals surface area contributed by atoms with Crippen molar-refractivity contribution in [2.24, 2.45) is 5.92 Å². The fourth-order valence-corrected chi connectivity index (χ4v) is 1.22. The Kier molecular flexibility index (Phi) is 5.38. The van der Waals surface area contributed by atoms with Gasteiger partial charge in [0, 0.05) is 24.5 Å². The molecule has 0 spiro atoms. The highest BCUT2D eigenvalue weighted by Gasteiger charge is 2.06. The third-order valence-electron chi connectivity index (χ3n) is 2.17. The standard InChI is InChI=1S/C12H18N2O4/c1-8(2)4-14-12(17)7-18-11-5-13-9(6-15)3-10(11)16/h3,5,8,15H,4,6-7H2,1-2H3,(H,13,16)(H,14,17). The van der Waals surface area contributed by atoms with Crippen molar-refractivity contribution < 1.29 is 14.6 Å². The van der Waals surface area contributed by atoms with Crippen molar-refractivity contribution in [3.8, 4) is 5.75 Å². The summed E-state index contributed by atoms with van der Waals surface area (Å²) in [6, 6.07) is 1.24. The van der Waals surface area contributed by atoms with Gasteiger partial charge in [-0.15, -0.1) is 0 Å². The Hall–Kier alpha value is -1.82. The topological polar surface area (TPSA) is 91.4 Å². The van der Waals surface area contributed by atoms with Crippen molar-refractivity contribution in [3.05, 3.63) is 28.2 Å². The fraction of sp³-hybridized carbons (Fsp3) is 0.500. The van der Waals surface area contributed by atoms with Gasteiger partial charge >= 0.3 is 0 Å². The van der Waals surface area contributed by atoms with Crippen LogP contribution in [0.2, 0.25) is 0 Å². The number of aliphatic hydroxyl groups excluding tert-OH is 1. The average Bonchev–Trinajstić information content (AvgIpc) is 2.34. The summed E-state index contributed by atoms with van der Waals surface area (Å²) in [6.45, 7) is 4.10. The molecule has 0 aromatic carbocycles. The van der Waals surface area contributed by atoms with E-state index in [1.54, 1.807) is 0 Å². The Bertz CT molecular complexity index is 454. The zero-order valence-corrected chi connectivity index (χ0v) is 10.5. The van der Waals surface area contributed by atoms with Crippen LogP contribution in [-0.2, 0) is 11.4 Å². The first-order valence-corrected chi connectivity index (χ1v) is 5.75. The van der Waals surface area contributed by atoms with Gasteiger partial charge in [-0.2, -0.15) is 0 Å². The number of pyridine rings is 1. The maximum atomic E-state index is 11.5. The van der Waals surface area contributed by atoms with Crippen LogP contribution in [0.3, 0.4) is 0 Å². The summed E-state index contributed by atoms with van der Waals surface area (Å²) in [5.74, 6) is 0.155. The van der Waals surface area contributed by atoms with Gasteiger partial charge in [-0.3, -0.25) is 9.59 Å². The van der Waals surface area contributed by atoms with Gasteiger partial charge in [0.05, 0.1) is 6.61 Å². The number of rotatable bonds is 6. The molecule has 3 N–H and O–H groups in total. The van der Waals surface area contributed by atoms with E-state index >= 15 is 0 Å². The first-order valence-electron chi connectivity index (χ1n) is 5.75. The summed E-state index contributed by atoms with van der Waals surface area (Å²) in [6.07, 6.45) is 1.34. The lowest BCUT2D eigenvalue weighted by molar-refractivity contribution is -0.123. The highest BCUT2D eigenvalue weighted by Crippen LogP contribution is 2.01. The van der Waals surface area contributed by atoms with Crippen molar-refractivity contribution in [1.29, 1.82) is 0 Å². The van der Waals surface area contributed by atoms with E-state index in [0.717, 1.165) is 0 Å². The summed E-state index contributed by atoms with van der Waals surface area (Å²) < 4.78 is 5.09. The lowest BCUT2D eigenvalue weighted by Gasteiger charge is -2.08. The molecule has 0 atom stereocenters. The number of ether oxygens (including phenoxy) is 1. The van der Waals surface area contributed by atoms with Gasteiger partial charge in [0.2, 0.25) is 5.43 Å². The Morgan fingerprint density at radius 3 is 2.83 bits per heavy atom. The quantitative estimate of drug-likeness (QED) is 0.667. The number of hydrogen-bond donors (Lipinski definition) is 3. The minimum Gasteiger partial charge on any atom is -0.478 e. The normalized spacial score (nSPS) is 10.4. The molecule has 0 radical (unpaired) electrons.